The van der Waals surface area contributed by atoms with E-state index in [9.17, 15) is 0 Å². The van der Waals surface area contributed by atoms with E-state index in [0.29, 0.717) is 0 Å². The molecule has 1 heterocycles. The quantitative estimate of drug-likeness (QED) is 0.380. The van der Waals surface area contributed by atoms with E-state index in [1.165, 1.54) is 44.9 Å². The van der Waals surface area contributed by atoms with Crippen LogP contribution in [0, 0.1) is 20.8 Å². The van der Waals surface area contributed by atoms with Gasteiger partial charge in [0.25, 0.3) is 0 Å². The van der Waals surface area contributed by atoms with Crippen molar-refractivity contribution in [3.8, 4) is 0 Å². The predicted octanol–water partition coefficient (Wildman–Crippen LogP) is 6.30. The number of aryl methyl sites for hydroxylation is 3. The minimum absolute atomic E-state index is 0.0489. The Labute approximate surface area is 179 Å². The maximum absolute atomic E-state index is 2.48. The van der Waals surface area contributed by atoms with Crippen molar-refractivity contribution < 1.29 is 0 Å². The lowest BCUT2D eigenvalue weighted by atomic mass is 9.61. The summed E-state index contributed by atoms with van der Waals surface area (Å²) in [4.78, 5) is 4.96. The molecule has 3 heteroatoms. The maximum Gasteiger partial charge on any atom is 0.421 e. The van der Waals surface area contributed by atoms with Crippen molar-refractivity contribution in [3.05, 3.63) is 114 Å². The maximum atomic E-state index is 2.48. The van der Waals surface area contributed by atoms with Crippen molar-refractivity contribution in [2.75, 3.05) is 9.62 Å². The van der Waals surface area contributed by atoms with Gasteiger partial charge in [-0.3, -0.25) is 0 Å². The molecule has 0 aliphatic carbocycles. The van der Waals surface area contributed by atoms with Crippen molar-refractivity contribution in [2.45, 2.75) is 20.8 Å². The fourth-order valence-electron chi connectivity index (χ4n) is 4.84. The summed E-state index contributed by atoms with van der Waals surface area (Å²) in [7, 11) is 0. The molecule has 2 nitrogen and oxygen atoms in total. The Morgan fingerprint density at radius 1 is 0.533 bits per heavy atom. The molecule has 0 bridgehead atoms. The van der Waals surface area contributed by atoms with E-state index in [1.807, 2.05) is 0 Å². The molecule has 0 spiro atoms. The van der Waals surface area contributed by atoms with Gasteiger partial charge in [0, 0.05) is 11.4 Å². The number of para-hydroxylation sites is 4. The second-order valence-corrected chi connectivity index (χ2v) is 8.09. The molecule has 0 unspecified atom stereocenters. The van der Waals surface area contributed by atoms with Crippen LogP contribution in [0.5, 0.6) is 0 Å². The summed E-state index contributed by atoms with van der Waals surface area (Å²) in [6.07, 6.45) is 0. The number of hydrogen-bond donors (Lipinski definition) is 0. The van der Waals surface area contributed by atoms with Gasteiger partial charge in [0.1, 0.15) is 0 Å². The van der Waals surface area contributed by atoms with Crippen molar-refractivity contribution >= 4 is 35.2 Å². The van der Waals surface area contributed by atoms with Gasteiger partial charge in [-0.15, -0.1) is 0 Å². The van der Waals surface area contributed by atoms with E-state index in [1.54, 1.807) is 0 Å². The molecule has 0 atom stereocenters. The molecular formula is C27H25BN2. The zero-order valence-electron chi connectivity index (χ0n) is 17.7. The van der Waals surface area contributed by atoms with Crippen LogP contribution in [-0.2, 0) is 0 Å². The average molecular weight is 388 g/mol. The zero-order chi connectivity index (χ0) is 20.7. The monoisotopic (exact) mass is 388 g/mol. The molecule has 0 saturated heterocycles. The Balaban J connectivity index is 1.82. The Morgan fingerprint density at radius 2 is 0.933 bits per heavy atom. The first-order chi connectivity index (χ1) is 14.6. The fraction of sp³-hybridized carbons (Fsp3) is 0.111. The van der Waals surface area contributed by atoms with Crippen molar-refractivity contribution in [1.82, 2.24) is 0 Å². The molecule has 1 aliphatic heterocycles. The summed E-state index contributed by atoms with van der Waals surface area (Å²) in [5.41, 5.74) is 10.2. The van der Waals surface area contributed by atoms with Gasteiger partial charge in [0.2, 0.25) is 0 Å². The lowest BCUT2D eigenvalue weighted by molar-refractivity contribution is 1.32. The largest absolute Gasteiger partial charge is 0.421 e. The van der Waals surface area contributed by atoms with Crippen LogP contribution in [0.15, 0.2) is 97.1 Å². The number of benzene rings is 4. The molecule has 0 aromatic heterocycles. The molecule has 146 valence electrons. The van der Waals surface area contributed by atoms with Crippen LogP contribution in [0.25, 0.3) is 0 Å². The van der Waals surface area contributed by atoms with Gasteiger partial charge in [-0.05, 0) is 62.6 Å². The summed E-state index contributed by atoms with van der Waals surface area (Å²) in [5, 5.41) is 0. The topological polar surface area (TPSA) is 6.48 Å². The van der Waals surface area contributed by atoms with Crippen LogP contribution in [0.2, 0.25) is 0 Å². The van der Waals surface area contributed by atoms with Crippen molar-refractivity contribution in [2.24, 2.45) is 0 Å². The fourth-order valence-corrected chi connectivity index (χ4v) is 4.84. The molecule has 30 heavy (non-hydrogen) atoms. The highest BCUT2D eigenvalue weighted by Gasteiger charge is 2.44. The zero-order valence-corrected chi connectivity index (χ0v) is 17.7. The van der Waals surface area contributed by atoms with Gasteiger partial charge >= 0.3 is 6.98 Å². The van der Waals surface area contributed by atoms with Crippen molar-refractivity contribution in [3.63, 3.8) is 0 Å². The van der Waals surface area contributed by atoms with Crippen LogP contribution in [0.1, 0.15) is 16.7 Å². The van der Waals surface area contributed by atoms with Crippen LogP contribution < -0.4 is 15.1 Å². The van der Waals surface area contributed by atoms with Crippen LogP contribution in [0.3, 0.4) is 0 Å². The predicted molar refractivity (Wildman–Crippen MR) is 130 cm³/mol. The number of rotatable bonds is 3. The van der Waals surface area contributed by atoms with E-state index < -0.39 is 0 Å². The summed E-state index contributed by atoms with van der Waals surface area (Å²) >= 11 is 0. The summed E-state index contributed by atoms with van der Waals surface area (Å²) in [5.74, 6) is 0. The first-order valence-electron chi connectivity index (χ1n) is 10.5. The highest BCUT2D eigenvalue weighted by atomic mass is 15.3. The van der Waals surface area contributed by atoms with E-state index in [-0.39, 0.29) is 6.98 Å². The Kier molecular flexibility index (Phi) is 4.59. The first-order valence-corrected chi connectivity index (χ1v) is 10.5. The van der Waals surface area contributed by atoms with Crippen LogP contribution >= 0.6 is 0 Å². The summed E-state index contributed by atoms with van der Waals surface area (Å²) < 4.78 is 0. The van der Waals surface area contributed by atoms with Gasteiger partial charge in [-0.1, -0.05) is 77.4 Å². The average Bonchev–Trinajstić information content (AvgIpc) is 3.09. The third kappa shape index (κ3) is 2.98. The molecule has 0 fully saturated rings. The summed E-state index contributed by atoms with van der Waals surface area (Å²) in [6.45, 7) is 6.71. The lowest BCUT2D eigenvalue weighted by Crippen LogP contribution is -2.55. The van der Waals surface area contributed by atoms with Crippen LogP contribution in [-0.4, -0.2) is 6.98 Å². The van der Waals surface area contributed by atoms with Gasteiger partial charge in [0.05, 0.1) is 11.4 Å². The molecule has 0 N–H and O–H groups in total. The second-order valence-electron chi connectivity index (χ2n) is 8.09. The minimum atomic E-state index is 0.0489. The third-order valence-electron chi connectivity index (χ3n) is 5.95. The van der Waals surface area contributed by atoms with Crippen LogP contribution in [0.4, 0.5) is 22.7 Å². The number of fused-ring (bicyclic) bond motifs is 1. The molecule has 0 amide bonds. The Bertz CT molecular complexity index is 1100. The number of anilines is 4. The molecule has 0 radical (unpaired) electrons. The number of nitrogens with zero attached hydrogens (tertiary/aromatic N) is 2. The van der Waals surface area contributed by atoms with E-state index in [4.69, 9.17) is 0 Å². The van der Waals surface area contributed by atoms with E-state index in [2.05, 4.69) is 127 Å². The molecule has 0 saturated carbocycles. The molecule has 4 aromatic rings. The highest BCUT2D eigenvalue weighted by molar-refractivity contribution is 6.85. The molecule has 4 aromatic carbocycles. The normalized spacial score (nSPS) is 13.0. The smallest absolute Gasteiger partial charge is 0.360 e. The van der Waals surface area contributed by atoms with E-state index >= 15 is 0 Å². The van der Waals surface area contributed by atoms with Crippen molar-refractivity contribution in [1.29, 1.82) is 0 Å². The minimum Gasteiger partial charge on any atom is -0.360 e. The van der Waals surface area contributed by atoms with Gasteiger partial charge in [-0.25, -0.2) is 0 Å². The second kappa shape index (κ2) is 7.42. The summed E-state index contributed by atoms with van der Waals surface area (Å²) in [6, 6.07) is 34.8. The SMILES string of the molecule is Cc1cc(C)c(B2N(c3ccccc3)c3ccccc3N2c2ccccc2)c(C)c1. The molecular weight excluding hydrogens is 363 g/mol. The Morgan fingerprint density at radius 3 is 1.37 bits per heavy atom. The first kappa shape index (κ1) is 18.6. The molecule has 5 rings (SSSR count). The van der Waals surface area contributed by atoms with E-state index in [0.717, 1.165) is 0 Å². The standard InChI is InChI=1S/C27H25BN2/c1-20-18-21(2)27(22(3)19-20)28-29(23-12-6-4-7-13-23)25-16-10-11-17-26(25)30(28)24-14-8-5-9-15-24/h4-19H,1-3H3. The lowest BCUT2D eigenvalue weighted by Gasteiger charge is -2.32. The molecule has 1 aliphatic rings. The Hall–Kier alpha value is -3.46. The van der Waals surface area contributed by atoms with Gasteiger partial charge in [0.15, 0.2) is 0 Å². The third-order valence-corrected chi connectivity index (χ3v) is 5.95. The number of hydrogen-bond acceptors (Lipinski definition) is 2. The van der Waals surface area contributed by atoms with Gasteiger partial charge in [-0.2, -0.15) is 0 Å². The highest BCUT2D eigenvalue weighted by Crippen LogP contribution is 2.46. The van der Waals surface area contributed by atoms with Gasteiger partial charge < -0.3 is 9.62 Å².